The zero-order valence-electron chi connectivity index (χ0n) is 23.4. The van der Waals surface area contributed by atoms with E-state index in [0.717, 1.165) is 35.1 Å². The average Bonchev–Trinajstić information content (AvgIpc) is 3.52. The van der Waals surface area contributed by atoms with Crippen LogP contribution in [-0.4, -0.2) is 93.9 Å². The SMILES string of the molecule is C/C(=C(/C#N)S(=O)(=O)NCC1C(C=O)O[C@H](CO)[C@@H](O)[C@@H]1O)c1ccc(-c2ccc3cc(N4CCOCC4)ccc3c2)o1. The van der Waals surface area contributed by atoms with Crippen molar-refractivity contribution >= 4 is 38.3 Å². The third-order valence-corrected chi connectivity index (χ3v) is 9.40. The van der Waals surface area contributed by atoms with Crippen molar-refractivity contribution in [2.45, 2.75) is 31.3 Å². The molecule has 0 bridgehead atoms. The molecule has 0 spiro atoms. The van der Waals surface area contributed by atoms with E-state index in [1.54, 1.807) is 18.2 Å². The quantitative estimate of drug-likeness (QED) is 0.203. The Bertz CT molecular complexity index is 1660. The summed E-state index contributed by atoms with van der Waals surface area (Å²) in [7, 11) is -4.43. The lowest BCUT2D eigenvalue weighted by molar-refractivity contribution is -0.202. The number of carbonyl (C=O) groups excluding carboxylic acids is 1. The normalized spacial score (nSPS) is 25.3. The van der Waals surface area contributed by atoms with Crippen LogP contribution in [0.15, 0.2) is 57.9 Å². The molecule has 43 heavy (non-hydrogen) atoms. The first kappa shape index (κ1) is 30.8. The summed E-state index contributed by atoms with van der Waals surface area (Å²) < 4.78 is 45.2. The average molecular weight is 612 g/mol. The van der Waals surface area contributed by atoms with Gasteiger partial charge in [0.25, 0.3) is 10.0 Å². The second-order valence-electron chi connectivity index (χ2n) is 10.5. The van der Waals surface area contributed by atoms with E-state index in [1.165, 1.54) is 6.92 Å². The first-order chi connectivity index (χ1) is 20.7. The van der Waals surface area contributed by atoms with Crippen molar-refractivity contribution in [2.75, 3.05) is 44.4 Å². The maximum atomic E-state index is 13.1. The van der Waals surface area contributed by atoms with Gasteiger partial charge < -0.3 is 38.9 Å². The van der Waals surface area contributed by atoms with Crippen LogP contribution < -0.4 is 9.62 Å². The number of aliphatic hydroxyl groups excluding tert-OH is 3. The van der Waals surface area contributed by atoms with Crippen LogP contribution in [0.25, 0.3) is 27.7 Å². The summed E-state index contributed by atoms with van der Waals surface area (Å²) in [6.45, 7) is 3.38. The predicted octanol–water partition coefficient (Wildman–Crippen LogP) is 1.41. The highest BCUT2D eigenvalue weighted by atomic mass is 32.2. The molecule has 0 saturated carbocycles. The Hall–Kier alpha value is -3.61. The fourth-order valence-corrected chi connectivity index (χ4v) is 6.59. The highest BCUT2D eigenvalue weighted by molar-refractivity contribution is 7.93. The molecule has 2 aliphatic rings. The first-order valence-corrected chi connectivity index (χ1v) is 15.3. The van der Waals surface area contributed by atoms with E-state index in [4.69, 9.17) is 13.9 Å². The smallest absolute Gasteiger partial charge is 0.251 e. The Labute approximate surface area is 248 Å². The van der Waals surface area contributed by atoms with Crippen LogP contribution in [0.5, 0.6) is 0 Å². The van der Waals surface area contributed by atoms with Gasteiger partial charge in [-0.25, -0.2) is 13.1 Å². The van der Waals surface area contributed by atoms with E-state index < -0.39 is 58.4 Å². The molecule has 2 aromatic carbocycles. The Morgan fingerprint density at radius 1 is 1.09 bits per heavy atom. The van der Waals surface area contributed by atoms with Crippen LogP contribution >= 0.6 is 0 Å². The number of carbonyl (C=O) groups is 1. The number of benzene rings is 2. The maximum absolute atomic E-state index is 13.1. The van der Waals surface area contributed by atoms with Gasteiger partial charge in [-0.15, -0.1) is 0 Å². The fourth-order valence-electron chi connectivity index (χ4n) is 5.41. The monoisotopic (exact) mass is 611 g/mol. The zero-order chi connectivity index (χ0) is 30.7. The molecule has 0 radical (unpaired) electrons. The molecule has 2 unspecified atom stereocenters. The van der Waals surface area contributed by atoms with Crippen molar-refractivity contribution in [3.8, 4) is 17.4 Å². The van der Waals surface area contributed by atoms with Gasteiger partial charge >= 0.3 is 0 Å². The van der Waals surface area contributed by atoms with Crippen LogP contribution in [-0.2, 0) is 24.3 Å². The minimum atomic E-state index is -4.43. The first-order valence-electron chi connectivity index (χ1n) is 13.8. The molecule has 3 aromatic rings. The molecule has 0 amide bonds. The molecule has 5 atom stereocenters. The number of anilines is 1. The third kappa shape index (κ3) is 6.36. The minimum Gasteiger partial charge on any atom is -0.456 e. The van der Waals surface area contributed by atoms with Gasteiger partial charge in [0, 0.05) is 42.4 Å². The number of allylic oxidation sites excluding steroid dienone is 2. The van der Waals surface area contributed by atoms with E-state index >= 15 is 0 Å². The number of aldehydes is 1. The summed E-state index contributed by atoms with van der Waals surface area (Å²) in [5.41, 5.74) is 1.96. The highest BCUT2D eigenvalue weighted by Crippen LogP contribution is 2.32. The molecule has 228 valence electrons. The summed E-state index contributed by atoms with van der Waals surface area (Å²) in [5, 5.41) is 41.7. The van der Waals surface area contributed by atoms with Gasteiger partial charge in [0.1, 0.15) is 42.2 Å². The number of furan rings is 1. The number of fused-ring (bicyclic) bond motifs is 1. The number of sulfonamides is 1. The van der Waals surface area contributed by atoms with Crippen LogP contribution in [0.3, 0.4) is 0 Å². The summed E-state index contributed by atoms with van der Waals surface area (Å²) in [6, 6.07) is 17.1. The predicted molar refractivity (Wildman–Crippen MR) is 157 cm³/mol. The molecule has 12 nitrogen and oxygen atoms in total. The molecule has 0 aliphatic carbocycles. The molecule has 13 heteroatoms. The van der Waals surface area contributed by atoms with Gasteiger partial charge in [0.05, 0.1) is 25.9 Å². The molecule has 5 rings (SSSR count). The number of hydrogen-bond acceptors (Lipinski definition) is 11. The van der Waals surface area contributed by atoms with E-state index in [2.05, 4.69) is 21.8 Å². The molecule has 3 heterocycles. The number of nitriles is 1. The highest BCUT2D eigenvalue weighted by Gasteiger charge is 2.44. The lowest BCUT2D eigenvalue weighted by Crippen LogP contribution is -2.58. The Morgan fingerprint density at radius 3 is 2.51 bits per heavy atom. The Kier molecular flexibility index (Phi) is 9.28. The van der Waals surface area contributed by atoms with Gasteiger partial charge in [-0.2, -0.15) is 5.26 Å². The standard InChI is InChI=1S/C30H33N3O9S/c1-18(28(14-31)43(38,39)32-15-23-26(16-34)42-27(17-35)30(37)29(23)36)24-6-7-25(41-24)21-3-2-20-13-22(5-4-19(20)12-21)33-8-10-40-11-9-33/h2-7,12-13,16,23,26-27,29-30,32,35-37H,8-11,15,17H2,1H3/b28-18+/t23?,26?,27-,29-,30-/m1/s1. The maximum Gasteiger partial charge on any atom is 0.251 e. The largest absolute Gasteiger partial charge is 0.456 e. The zero-order valence-corrected chi connectivity index (χ0v) is 24.2. The van der Waals surface area contributed by atoms with Gasteiger partial charge in [-0.3, -0.25) is 0 Å². The Balaban J connectivity index is 1.34. The van der Waals surface area contributed by atoms with Crippen LogP contribution in [0.2, 0.25) is 0 Å². The van der Waals surface area contributed by atoms with Crippen molar-refractivity contribution in [2.24, 2.45) is 5.92 Å². The number of hydrogen-bond donors (Lipinski definition) is 4. The van der Waals surface area contributed by atoms with Crippen molar-refractivity contribution in [3.05, 3.63) is 59.2 Å². The van der Waals surface area contributed by atoms with Crippen molar-refractivity contribution in [3.63, 3.8) is 0 Å². The van der Waals surface area contributed by atoms with Crippen molar-refractivity contribution < 1.29 is 42.4 Å². The topological polar surface area (TPSA) is 183 Å². The molecular weight excluding hydrogens is 578 g/mol. The van der Waals surface area contributed by atoms with Crippen LogP contribution in [0.4, 0.5) is 5.69 Å². The molecule has 1 aromatic heterocycles. The lowest BCUT2D eigenvalue weighted by atomic mass is 9.87. The molecule has 2 fully saturated rings. The number of ether oxygens (including phenoxy) is 2. The van der Waals surface area contributed by atoms with Crippen molar-refractivity contribution in [1.29, 1.82) is 5.26 Å². The van der Waals surface area contributed by atoms with Crippen LogP contribution in [0, 0.1) is 17.2 Å². The molecule has 2 aliphatic heterocycles. The number of rotatable bonds is 9. The van der Waals surface area contributed by atoms with E-state index in [9.17, 15) is 33.8 Å². The van der Waals surface area contributed by atoms with E-state index in [1.807, 2.05) is 24.3 Å². The summed E-state index contributed by atoms with van der Waals surface area (Å²) in [4.78, 5) is 13.2. The molecular formula is C30H33N3O9S. The van der Waals surface area contributed by atoms with Gasteiger partial charge in [0.15, 0.2) is 4.91 Å². The third-order valence-electron chi connectivity index (χ3n) is 7.92. The lowest BCUT2D eigenvalue weighted by Gasteiger charge is -2.40. The van der Waals surface area contributed by atoms with E-state index in [0.29, 0.717) is 25.3 Å². The van der Waals surface area contributed by atoms with Gasteiger partial charge in [-0.1, -0.05) is 18.2 Å². The molecule has 2 saturated heterocycles. The van der Waals surface area contributed by atoms with E-state index in [-0.39, 0.29) is 11.3 Å². The van der Waals surface area contributed by atoms with Crippen LogP contribution in [0.1, 0.15) is 12.7 Å². The second kappa shape index (κ2) is 12.9. The number of aliphatic hydroxyl groups is 3. The van der Waals surface area contributed by atoms with Gasteiger partial charge in [0.2, 0.25) is 0 Å². The van der Waals surface area contributed by atoms with Crippen molar-refractivity contribution in [1.82, 2.24) is 4.72 Å². The van der Waals surface area contributed by atoms with Gasteiger partial charge in [-0.05, 0) is 48.0 Å². The summed E-state index contributed by atoms with van der Waals surface area (Å²) in [5.74, 6) is -0.494. The Morgan fingerprint density at radius 2 is 1.81 bits per heavy atom. The number of morpholine rings is 1. The molecule has 4 N–H and O–H groups in total. The summed E-state index contributed by atoms with van der Waals surface area (Å²) >= 11 is 0. The fraction of sp³-hybridized carbons (Fsp3) is 0.400. The summed E-state index contributed by atoms with van der Waals surface area (Å²) in [6.07, 6.45) is -5.21. The number of nitrogens with one attached hydrogen (secondary N) is 1. The number of nitrogens with zero attached hydrogens (tertiary/aromatic N) is 2. The second-order valence-corrected chi connectivity index (χ2v) is 12.2. The minimum absolute atomic E-state index is 0.0601.